The Kier molecular flexibility index (Phi) is 8.10. The Balaban J connectivity index is 2.41. The fourth-order valence-electron chi connectivity index (χ4n) is 1.51. The average Bonchev–Trinajstić information content (AvgIpc) is 2.37. The van der Waals surface area contributed by atoms with E-state index in [0.29, 0.717) is 6.61 Å². The highest BCUT2D eigenvalue weighted by Crippen LogP contribution is 2.26. The quantitative estimate of drug-likeness (QED) is 0.601. The van der Waals surface area contributed by atoms with E-state index in [1.54, 1.807) is 0 Å². The largest absolute Gasteiger partial charge is 0.492 e. The molecule has 1 aromatic rings. The summed E-state index contributed by atoms with van der Waals surface area (Å²) in [6.07, 6.45) is 4.54. The fraction of sp³-hybridized carbons (Fsp3) is 0.600. The van der Waals surface area contributed by atoms with Crippen molar-refractivity contribution >= 4 is 15.9 Å². The van der Waals surface area contributed by atoms with Crippen molar-refractivity contribution in [3.05, 3.63) is 28.2 Å². The van der Waals surface area contributed by atoms with Gasteiger partial charge in [0.2, 0.25) is 0 Å². The van der Waals surface area contributed by atoms with E-state index in [-0.39, 0.29) is 0 Å². The Morgan fingerprint density at radius 2 is 1.78 bits per heavy atom. The lowest BCUT2D eigenvalue weighted by Crippen LogP contribution is -1.99. The van der Waals surface area contributed by atoms with Crippen LogP contribution in [0.4, 0.5) is 0 Å². The summed E-state index contributed by atoms with van der Waals surface area (Å²) in [6.45, 7) is 6.62. The first-order valence-electron chi connectivity index (χ1n) is 6.76. The molecule has 2 nitrogen and oxygen atoms in total. The van der Waals surface area contributed by atoms with Crippen LogP contribution in [0.15, 0.2) is 22.7 Å². The molecule has 0 aliphatic rings. The van der Waals surface area contributed by atoms with E-state index in [2.05, 4.69) is 41.9 Å². The van der Waals surface area contributed by atoms with Crippen LogP contribution in [0.2, 0.25) is 0 Å². The minimum Gasteiger partial charge on any atom is -0.492 e. The first-order chi connectivity index (χ1) is 8.77. The highest BCUT2D eigenvalue weighted by molar-refractivity contribution is 9.10. The lowest BCUT2D eigenvalue weighted by atomic mass is 10.2. The van der Waals surface area contributed by atoms with Crippen molar-refractivity contribution < 1.29 is 9.47 Å². The van der Waals surface area contributed by atoms with Gasteiger partial charge in [-0.1, -0.05) is 32.8 Å². The minimum absolute atomic E-state index is 0.674. The van der Waals surface area contributed by atoms with Crippen LogP contribution in [-0.2, 0) is 11.3 Å². The molecule has 1 rings (SSSR count). The number of benzene rings is 1. The maximum absolute atomic E-state index is 5.69. The Bertz CT molecular complexity index is 339. The van der Waals surface area contributed by atoms with Crippen molar-refractivity contribution in [3.63, 3.8) is 0 Å². The van der Waals surface area contributed by atoms with E-state index in [1.807, 2.05) is 6.07 Å². The molecule has 3 heteroatoms. The summed E-state index contributed by atoms with van der Waals surface area (Å²) < 4.78 is 12.3. The number of rotatable bonds is 9. The van der Waals surface area contributed by atoms with Crippen molar-refractivity contribution in [1.82, 2.24) is 0 Å². The van der Waals surface area contributed by atoms with Gasteiger partial charge in [0.15, 0.2) is 0 Å². The molecule has 0 aliphatic carbocycles. The lowest BCUT2D eigenvalue weighted by Gasteiger charge is -2.09. The molecule has 0 spiro atoms. The molecule has 18 heavy (non-hydrogen) atoms. The Labute approximate surface area is 119 Å². The van der Waals surface area contributed by atoms with Gasteiger partial charge in [-0.25, -0.2) is 0 Å². The molecule has 1 aromatic carbocycles. The molecule has 0 saturated carbocycles. The topological polar surface area (TPSA) is 18.5 Å². The van der Waals surface area contributed by atoms with E-state index in [4.69, 9.17) is 9.47 Å². The lowest BCUT2D eigenvalue weighted by molar-refractivity contribution is 0.118. The zero-order chi connectivity index (χ0) is 13.2. The molecule has 0 saturated heterocycles. The number of halogens is 1. The molecule has 0 unspecified atom stereocenters. The third kappa shape index (κ3) is 5.87. The van der Waals surface area contributed by atoms with E-state index in [1.165, 1.54) is 12.0 Å². The molecule has 102 valence electrons. The fourth-order valence-corrected chi connectivity index (χ4v) is 2.05. The highest BCUT2D eigenvalue weighted by Gasteiger charge is 2.02. The van der Waals surface area contributed by atoms with Crippen molar-refractivity contribution in [3.8, 4) is 5.75 Å². The first-order valence-corrected chi connectivity index (χ1v) is 7.56. The van der Waals surface area contributed by atoms with Crippen LogP contribution in [0.25, 0.3) is 0 Å². The first kappa shape index (κ1) is 15.5. The molecule has 0 aliphatic heterocycles. The Hall–Kier alpha value is -0.540. The van der Waals surface area contributed by atoms with Crippen LogP contribution in [0.3, 0.4) is 0 Å². The standard InChI is InChI=1S/C15H23BrO2/c1-3-5-9-17-12-13-7-8-15(14(16)11-13)18-10-6-4-2/h7-8,11H,3-6,9-10,12H2,1-2H3. The molecular weight excluding hydrogens is 292 g/mol. The molecule has 0 heterocycles. The second kappa shape index (κ2) is 9.40. The van der Waals surface area contributed by atoms with Gasteiger partial charge < -0.3 is 9.47 Å². The molecule has 0 radical (unpaired) electrons. The normalized spacial score (nSPS) is 10.6. The van der Waals surface area contributed by atoms with Gasteiger partial charge >= 0.3 is 0 Å². The van der Waals surface area contributed by atoms with E-state index < -0.39 is 0 Å². The number of unbranched alkanes of at least 4 members (excludes halogenated alkanes) is 2. The molecule has 0 aromatic heterocycles. The Morgan fingerprint density at radius 3 is 2.44 bits per heavy atom. The number of hydrogen-bond donors (Lipinski definition) is 0. The molecule has 0 fully saturated rings. The van der Waals surface area contributed by atoms with E-state index >= 15 is 0 Å². The third-order valence-electron chi connectivity index (χ3n) is 2.66. The summed E-state index contributed by atoms with van der Waals surface area (Å²) >= 11 is 3.54. The van der Waals surface area contributed by atoms with Crippen molar-refractivity contribution in [1.29, 1.82) is 0 Å². The summed E-state index contributed by atoms with van der Waals surface area (Å²) in [5.74, 6) is 0.917. The van der Waals surface area contributed by atoms with Gasteiger partial charge in [-0.15, -0.1) is 0 Å². The van der Waals surface area contributed by atoms with Crippen LogP contribution in [0.5, 0.6) is 5.75 Å². The van der Waals surface area contributed by atoms with Crippen molar-refractivity contribution in [2.75, 3.05) is 13.2 Å². The van der Waals surface area contributed by atoms with Crippen molar-refractivity contribution in [2.45, 2.75) is 46.1 Å². The second-order valence-electron chi connectivity index (χ2n) is 4.37. The summed E-state index contributed by atoms with van der Waals surface area (Å²) in [5, 5.41) is 0. The molecule has 0 amide bonds. The monoisotopic (exact) mass is 314 g/mol. The van der Waals surface area contributed by atoms with Gasteiger partial charge in [0.1, 0.15) is 5.75 Å². The Morgan fingerprint density at radius 1 is 1.06 bits per heavy atom. The maximum Gasteiger partial charge on any atom is 0.133 e. The third-order valence-corrected chi connectivity index (χ3v) is 3.28. The summed E-state index contributed by atoms with van der Waals surface area (Å²) in [6, 6.07) is 6.16. The van der Waals surface area contributed by atoms with Gasteiger partial charge in [0.25, 0.3) is 0 Å². The van der Waals surface area contributed by atoms with Gasteiger partial charge in [-0.3, -0.25) is 0 Å². The van der Waals surface area contributed by atoms with Crippen LogP contribution in [-0.4, -0.2) is 13.2 Å². The highest BCUT2D eigenvalue weighted by atomic mass is 79.9. The maximum atomic E-state index is 5.69. The smallest absolute Gasteiger partial charge is 0.133 e. The molecule has 0 bridgehead atoms. The van der Waals surface area contributed by atoms with Gasteiger partial charge in [0.05, 0.1) is 17.7 Å². The predicted octanol–water partition coefficient (Wildman–Crippen LogP) is 4.94. The van der Waals surface area contributed by atoms with Crippen LogP contribution in [0, 0.1) is 0 Å². The van der Waals surface area contributed by atoms with Crippen LogP contribution < -0.4 is 4.74 Å². The van der Waals surface area contributed by atoms with E-state index in [0.717, 1.165) is 42.7 Å². The van der Waals surface area contributed by atoms with Crippen LogP contribution in [0.1, 0.15) is 45.1 Å². The van der Waals surface area contributed by atoms with Crippen molar-refractivity contribution in [2.24, 2.45) is 0 Å². The SMILES string of the molecule is CCCCOCc1ccc(OCCCC)c(Br)c1. The summed E-state index contributed by atoms with van der Waals surface area (Å²) in [5.41, 5.74) is 1.18. The molecule has 0 atom stereocenters. The number of hydrogen-bond acceptors (Lipinski definition) is 2. The zero-order valence-corrected chi connectivity index (χ0v) is 13.0. The molecular formula is C15H23BrO2. The average molecular weight is 315 g/mol. The number of ether oxygens (including phenoxy) is 2. The van der Waals surface area contributed by atoms with Gasteiger partial charge in [-0.2, -0.15) is 0 Å². The minimum atomic E-state index is 0.674. The van der Waals surface area contributed by atoms with Gasteiger partial charge in [0, 0.05) is 6.61 Å². The van der Waals surface area contributed by atoms with Gasteiger partial charge in [-0.05, 0) is 46.5 Å². The van der Waals surface area contributed by atoms with Crippen LogP contribution >= 0.6 is 15.9 Å². The zero-order valence-electron chi connectivity index (χ0n) is 11.4. The summed E-state index contributed by atoms with van der Waals surface area (Å²) in [4.78, 5) is 0. The predicted molar refractivity (Wildman–Crippen MR) is 79.1 cm³/mol. The molecule has 0 N–H and O–H groups in total. The summed E-state index contributed by atoms with van der Waals surface area (Å²) in [7, 11) is 0. The van der Waals surface area contributed by atoms with E-state index in [9.17, 15) is 0 Å². The second-order valence-corrected chi connectivity index (χ2v) is 5.23.